The van der Waals surface area contributed by atoms with Crippen molar-refractivity contribution in [3.63, 3.8) is 0 Å². The summed E-state index contributed by atoms with van der Waals surface area (Å²) in [6.07, 6.45) is 13.8. The van der Waals surface area contributed by atoms with Crippen LogP contribution in [0.25, 0.3) is 6.08 Å². The Morgan fingerprint density at radius 2 is 1.81 bits per heavy atom. The summed E-state index contributed by atoms with van der Waals surface area (Å²) in [7, 11) is 0. The molecule has 0 radical (unpaired) electrons. The van der Waals surface area contributed by atoms with Crippen molar-refractivity contribution in [1.29, 1.82) is 0 Å². The molecule has 7 rings (SSSR count). The van der Waals surface area contributed by atoms with Gasteiger partial charge in [-0.05, 0) is 86.5 Å². The number of aromatic hydroxyl groups is 1. The van der Waals surface area contributed by atoms with Gasteiger partial charge in [0, 0.05) is 35.8 Å². The first-order valence-electron chi connectivity index (χ1n) is 16.2. The summed E-state index contributed by atoms with van der Waals surface area (Å²) in [5.41, 5.74) is -3.39. The molecule has 1 aromatic rings. The number of phenolic OH excluding ortho intramolecular Hbond substituents is 1. The van der Waals surface area contributed by atoms with Crippen LogP contribution in [0.2, 0.25) is 0 Å². The van der Waals surface area contributed by atoms with E-state index < -0.39 is 39.7 Å². The van der Waals surface area contributed by atoms with Crippen LogP contribution in [0.4, 0.5) is 0 Å². The van der Waals surface area contributed by atoms with E-state index in [0.29, 0.717) is 53.9 Å². The van der Waals surface area contributed by atoms with Crippen LogP contribution in [0.1, 0.15) is 96.1 Å². The number of allylic oxidation sites excluding steroid dienone is 4. The van der Waals surface area contributed by atoms with Crippen molar-refractivity contribution in [2.45, 2.75) is 109 Å². The summed E-state index contributed by atoms with van der Waals surface area (Å²) in [6.45, 7) is 15.0. The first-order valence-corrected chi connectivity index (χ1v) is 16.2. The molecule has 3 aliphatic carbocycles. The molecule has 1 saturated carbocycles. The van der Waals surface area contributed by atoms with E-state index in [0.717, 1.165) is 5.57 Å². The standard InChI is InChI=1S/C38H44O9/c1-21(2)10-11-25-31-24(13-16-36(8,45-31)15-9-14-34(4,5)43)29(40)28-30(41)26-18-23-19-27-35(6,7)47-37(33(23)42,17-12-22(3)44-20-39)38(26,27)46-32(25)28/h9-10,12-14,16,18,20,23,27,40,43H,11,15,17,19H2,1-8H3/b14-9+,22-12-/t23?,27?,36-,37?,38-/m1/s1. The van der Waals surface area contributed by atoms with Crippen LogP contribution in [-0.4, -0.2) is 56.3 Å². The Labute approximate surface area is 275 Å². The van der Waals surface area contributed by atoms with Crippen molar-refractivity contribution >= 4 is 24.1 Å². The molecule has 1 spiro atoms. The average molecular weight is 645 g/mol. The summed E-state index contributed by atoms with van der Waals surface area (Å²) in [5.74, 6) is -0.907. The van der Waals surface area contributed by atoms with Gasteiger partial charge in [0.05, 0.1) is 16.8 Å². The lowest BCUT2D eigenvalue weighted by molar-refractivity contribution is -0.171. The highest BCUT2D eigenvalue weighted by Gasteiger charge is 2.81. The fourth-order valence-electron chi connectivity index (χ4n) is 8.11. The van der Waals surface area contributed by atoms with Crippen LogP contribution in [-0.2, 0) is 25.5 Å². The number of carbonyl (C=O) groups excluding carboxylic acids is 3. The maximum Gasteiger partial charge on any atom is 0.298 e. The molecule has 0 amide bonds. The van der Waals surface area contributed by atoms with E-state index in [9.17, 15) is 24.6 Å². The second-order valence-electron chi connectivity index (χ2n) is 15.0. The predicted octanol–water partition coefficient (Wildman–Crippen LogP) is 6.26. The number of benzene rings is 1. The van der Waals surface area contributed by atoms with Crippen molar-refractivity contribution in [2.75, 3.05) is 0 Å². The van der Waals surface area contributed by atoms with Gasteiger partial charge < -0.3 is 29.2 Å². The molecule has 1 aromatic carbocycles. The number of fused-ring (bicyclic) bond motifs is 2. The van der Waals surface area contributed by atoms with Gasteiger partial charge in [0.15, 0.2) is 22.8 Å². The lowest BCUT2D eigenvalue weighted by Gasteiger charge is -2.56. The van der Waals surface area contributed by atoms with Gasteiger partial charge in [-0.2, -0.15) is 0 Å². The molecule has 3 unspecified atom stereocenters. The average Bonchev–Trinajstić information content (AvgIpc) is 3.12. The Morgan fingerprint density at radius 3 is 2.47 bits per heavy atom. The molecule has 5 atom stereocenters. The van der Waals surface area contributed by atoms with Gasteiger partial charge in [-0.15, -0.1) is 0 Å². The zero-order valence-corrected chi connectivity index (χ0v) is 28.4. The van der Waals surface area contributed by atoms with Crippen molar-refractivity contribution in [3.8, 4) is 17.2 Å². The van der Waals surface area contributed by atoms with E-state index in [1.54, 1.807) is 45.1 Å². The second-order valence-corrected chi connectivity index (χ2v) is 15.0. The van der Waals surface area contributed by atoms with Gasteiger partial charge in [0.1, 0.15) is 34.2 Å². The van der Waals surface area contributed by atoms with Gasteiger partial charge in [-0.3, -0.25) is 14.4 Å². The lowest BCUT2D eigenvalue weighted by atomic mass is 9.51. The number of ether oxygens (including phenoxy) is 4. The molecule has 250 valence electrons. The largest absolute Gasteiger partial charge is 0.506 e. The first kappa shape index (κ1) is 33.0. The Balaban J connectivity index is 1.57. The van der Waals surface area contributed by atoms with Gasteiger partial charge in [-0.1, -0.05) is 29.9 Å². The number of hydrogen-bond acceptors (Lipinski definition) is 9. The van der Waals surface area contributed by atoms with E-state index in [4.69, 9.17) is 18.9 Å². The van der Waals surface area contributed by atoms with Crippen LogP contribution in [0.15, 0.2) is 53.4 Å². The molecule has 2 fully saturated rings. The molecule has 3 aliphatic heterocycles. The molecule has 4 bridgehead atoms. The highest BCUT2D eigenvalue weighted by atomic mass is 16.6. The normalized spacial score (nSPS) is 31.4. The summed E-state index contributed by atoms with van der Waals surface area (Å²) in [5, 5.41) is 22.0. The molecule has 9 nitrogen and oxygen atoms in total. The quantitative estimate of drug-likeness (QED) is 0.182. The second kappa shape index (κ2) is 10.8. The summed E-state index contributed by atoms with van der Waals surface area (Å²) >= 11 is 0. The summed E-state index contributed by atoms with van der Waals surface area (Å²) < 4.78 is 25.6. The molecule has 1 saturated heterocycles. The number of rotatable bonds is 9. The van der Waals surface area contributed by atoms with E-state index >= 15 is 0 Å². The van der Waals surface area contributed by atoms with Crippen molar-refractivity contribution in [3.05, 3.63) is 70.1 Å². The lowest BCUT2D eigenvalue weighted by Crippen LogP contribution is -2.72. The maximum atomic E-state index is 14.7. The molecule has 47 heavy (non-hydrogen) atoms. The smallest absolute Gasteiger partial charge is 0.298 e. The minimum absolute atomic E-state index is 0.0208. The zero-order chi connectivity index (χ0) is 34.3. The van der Waals surface area contributed by atoms with Crippen LogP contribution in [0.3, 0.4) is 0 Å². The van der Waals surface area contributed by atoms with Gasteiger partial charge >= 0.3 is 0 Å². The van der Waals surface area contributed by atoms with Crippen LogP contribution < -0.4 is 9.47 Å². The number of ketones is 2. The monoisotopic (exact) mass is 644 g/mol. The van der Waals surface area contributed by atoms with Crippen LogP contribution in [0.5, 0.6) is 17.2 Å². The minimum Gasteiger partial charge on any atom is -0.506 e. The summed E-state index contributed by atoms with van der Waals surface area (Å²) in [4.78, 5) is 40.1. The molecule has 9 heteroatoms. The fraction of sp³-hybridized carbons (Fsp3) is 0.500. The number of aliphatic hydroxyl groups is 1. The Bertz CT molecular complexity index is 1730. The van der Waals surface area contributed by atoms with Crippen molar-refractivity contribution in [1.82, 2.24) is 0 Å². The molecule has 3 heterocycles. The highest BCUT2D eigenvalue weighted by molar-refractivity contribution is 6.19. The van der Waals surface area contributed by atoms with Crippen molar-refractivity contribution in [2.24, 2.45) is 11.8 Å². The Kier molecular flexibility index (Phi) is 7.57. The third-order valence-electron chi connectivity index (χ3n) is 10.2. The third-order valence-corrected chi connectivity index (χ3v) is 10.2. The number of phenols is 1. The van der Waals surface area contributed by atoms with E-state index in [1.165, 1.54) is 0 Å². The highest BCUT2D eigenvalue weighted by Crippen LogP contribution is 2.68. The molecule has 6 aliphatic rings. The first-order chi connectivity index (χ1) is 21.9. The van der Waals surface area contributed by atoms with Crippen molar-refractivity contribution < 1.29 is 43.5 Å². The third kappa shape index (κ3) is 4.92. The number of Topliss-reactive ketones (excluding diaryl/α,β-unsaturated/α-hetero) is 2. The van der Waals surface area contributed by atoms with E-state index in [1.807, 2.05) is 52.8 Å². The van der Waals surface area contributed by atoms with Crippen LogP contribution >= 0.6 is 0 Å². The van der Waals surface area contributed by atoms with Gasteiger partial charge in [0.2, 0.25) is 0 Å². The van der Waals surface area contributed by atoms with E-state index in [2.05, 4.69) is 0 Å². The molecular weight excluding hydrogens is 600 g/mol. The summed E-state index contributed by atoms with van der Waals surface area (Å²) in [6, 6.07) is 0. The van der Waals surface area contributed by atoms with Gasteiger partial charge in [0.25, 0.3) is 6.47 Å². The maximum absolute atomic E-state index is 14.7. The van der Waals surface area contributed by atoms with E-state index in [-0.39, 0.29) is 35.2 Å². The molecular formula is C38H44O9. The number of hydrogen-bond donors (Lipinski definition) is 2. The zero-order valence-electron chi connectivity index (χ0n) is 28.4. The molecule has 2 N–H and O–H groups in total. The minimum atomic E-state index is -1.58. The van der Waals surface area contributed by atoms with Gasteiger partial charge in [-0.25, -0.2) is 0 Å². The topological polar surface area (TPSA) is 129 Å². The predicted molar refractivity (Wildman–Crippen MR) is 175 cm³/mol. The SMILES string of the molecule is CC(C)=CCc1c2c(c(O)c3c1O[C@]14C(=CC5CC1C(C)(C)OC4(C/C=C(/C)OC=O)C5=O)C3=O)C=C[C@@](C)(C/C=C/C(C)(C)O)O2. The number of carbonyl (C=O) groups is 3. The fourth-order valence-corrected chi connectivity index (χ4v) is 8.11. The Hall–Kier alpha value is -3.95. The van der Waals surface area contributed by atoms with Crippen LogP contribution in [0, 0.1) is 11.8 Å². The molecule has 0 aromatic heterocycles. The Morgan fingerprint density at radius 1 is 1.09 bits per heavy atom.